The Morgan fingerprint density at radius 1 is 0.882 bits per heavy atom. The van der Waals surface area contributed by atoms with Crippen LogP contribution in [-0.4, -0.2) is 23.5 Å². The molecule has 0 saturated heterocycles. The molecule has 0 aromatic carbocycles. The minimum Gasteiger partial charge on any atom is -0.494 e. The molecule has 0 spiro atoms. The average molecular weight is 255 g/mol. The van der Waals surface area contributed by atoms with Gasteiger partial charge in [-0.25, -0.2) is 4.79 Å². The van der Waals surface area contributed by atoms with Gasteiger partial charge in [-0.05, 0) is 41.5 Å². The summed E-state index contributed by atoms with van der Waals surface area (Å²) in [6.45, 7) is 10.0. The Labute approximate surface area is 124 Å². The fourth-order valence-electron chi connectivity index (χ4n) is 0.624. The van der Waals surface area contributed by atoms with Crippen molar-refractivity contribution in [1.82, 2.24) is 0 Å². The van der Waals surface area contributed by atoms with Crippen molar-refractivity contribution in [3.05, 3.63) is 5.48 Å². The van der Waals surface area contributed by atoms with Crippen molar-refractivity contribution in [1.29, 1.82) is 0 Å². The summed E-state index contributed by atoms with van der Waals surface area (Å²) < 4.78 is 9.54. The zero-order valence-corrected chi connectivity index (χ0v) is 13.5. The molecule has 0 saturated carbocycles. The van der Waals surface area contributed by atoms with Crippen LogP contribution in [0, 0.1) is 0 Å². The third-order valence-electron chi connectivity index (χ3n) is 0.978. The molecule has 0 N–H and O–H groups in total. The first kappa shape index (κ1) is 18.9. The first-order chi connectivity index (χ1) is 6.99. The van der Waals surface area contributed by atoms with Gasteiger partial charge in [0.25, 0.3) is 6.09 Å². The monoisotopic (exact) mass is 255 g/mol. The average Bonchev–Trinajstić information content (AvgIpc) is 1.94. The second kappa shape index (κ2) is 7.08. The number of ether oxygens (including phenoxy) is 2. The molecule has 6 nitrogen and oxygen atoms in total. The first-order valence-electron chi connectivity index (χ1n) is 4.84. The van der Waals surface area contributed by atoms with E-state index in [4.69, 9.17) is 9.47 Å². The fraction of sp³-hybridized carbons (Fsp3) is 0.800. The quantitative estimate of drug-likeness (QED) is 0.350. The van der Waals surface area contributed by atoms with E-state index in [0.717, 1.165) is 0 Å². The zero-order chi connectivity index (χ0) is 13.0. The van der Waals surface area contributed by atoms with Crippen LogP contribution < -0.4 is 29.6 Å². The molecule has 0 aliphatic rings. The number of carbonyl (C=O) groups excluding carboxylic acids is 2. The minimum absolute atomic E-state index is 0. The zero-order valence-electron chi connectivity index (χ0n) is 11.5. The number of amides is 1. The summed E-state index contributed by atoms with van der Waals surface area (Å²) in [6.07, 6.45) is -2.02. The maximum atomic E-state index is 11.0. The summed E-state index contributed by atoms with van der Waals surface area (Å²) in [5.41, 5.74) is 1.58. The van der Waals surface area contributed by atoms with Crippen LogP contribution in [0.2, 0.25) is 0 Å². The van der Waals surface area contributed by atoms with Gasteiger partial charge < -0.3 is 19.8 Å². The van der Waals surface area contributed by atoms with Crippen LogP contribution in [0.3, 0.4) is 0 Å². The molecule has 94 valence electrons. The van der Waals surface area contributed by atoms with Crippen molar-refractivity contribution in [3.8, 4) is 0 Å². The molecule has 0 unspecified atom stereocenters. The van der Waals surface area contributed by atoms with Gasteiger partial charge in [-0.15, -0.1) is 0 Å². The van der Waals surface area contributed by atoms with Gasteiger partial charge >= 0.3 is 35.7 Å². The summed E-state index contributed by atoms with van der Waals surface area (Å²) in [6, 6.07) is 0. The first-order valence-corrected chi connectivity index (χ1v) is 4.84. The van der Waals surface area contributed by atoms with Crippen LogP contribution in [0.5, 0.6) is 0 Å². The van der Waals surface area contributed by atoms with Crippen LogP contribution in [0.1, 0.15) is 41.5 Å². The molecule has 0 aromatic rings. The number of hydrogen-bond donors (Lipinski definition) is 0. The molecule has 0 radical (unpaired) electrons. The molecule has 7 heteroatoms. The third-order valence-corrected chi connectivity index (χ3v) is 0.978. The Hall–Kier alpha value is -0.460. The summed E-state index contributed by atoms with van der Waals surface area (Å²) in [5.74, 6) is 0. The molecule has 1 amide bonds. The predicted octanol–water partition coefficient (Wildman–Crippen LogP) is 0.166. The number of hydrogen-bond acceptors (Lipinski definition) is 5. The van der Waals surface area contributed by atoms with E-state index in [0.29, 0.717) is 0 Å². The molecule has 0 atom stereocenters. The number of rotatable bonds is 0. The minimum atomic E-state index is -1.04. The van der Waals surface area contributed by atoms with E-state index in [1.807, 2.05) is 0 Å². The molecule has 0 bridgehead atoms. The molecular formula is C10H18NNaO5. The van der Waals surface area contributed by atoms with E-state index >= 15 is 0 Å². The summed E-state index contributed by atoms with van der Waals surface area (Å²) in [7, 11) is 0. The van der Waals surface area contributed by atoms with Crippen molar-refractivity contribution in [2.75, 3.05) is 0 Å². The van der Waals surface area contributed by atoms with Gasteiger partial charge in [-0.3, -0.25) is 4.79 Å². The van der Waals surface area contributed by atoms with Gasteiger partial charge in [0, 0.05) is 0 Å². The number of nitrogens with zero attached hydrogens (tertiary/aromatic N) is 1. The van der Waals surface area contributed by atoms with Gasteiger partial charge in [-0.2, -0.15) is 0 Å². The van der Waals surface area contributed by atoms with Crippen LogP contribution in [-0.2, 0) is 14.3 Å². The standard InChI is InChI=1S/C10H19NO5.Na/c1-9(2,3)14-7(12)11-16-8(13)15-10(4,5)6;/h1-6H3,(H,11,12);/q;+1/p-1. The third kappa shape index (κ3) is 13.5. The van der Waals surface area contributed by atoms with Crippen molar-refractivity contribution in [2.24, 2.45) is 0 Å². The topological polar surface area (TPSA) is 75.9 Å². The van der Waals surface area contributed by atoms with Gasteiger partial charge in [0.2, 0.25) is 0 Å². The molecule has 0 fully saturated rings. The Morgan fingerprint density at radius 2 is 1.29 bits per heavy atom. The van der Waals surface area contributed by atoms with E-state index in [-0.39, 0.29) is 29.6 Å². The van der Waals surface area contributed by atoms with Crippen molar-refractivity contribution < 1.29 is 53.5 Å². The van der Waals surface area contributed by atoms with Crippen molar-refractivity contribution in [3.63, 3.8) is 0 Å². The Kier molecular flexibility index (Phi) is 7.87. The van der Waals surface area contributed by atoms with E-state index in [9.17, 15) is 9.59 Å². The molecule has 17 heavy (non-hydrogen) atoms. The van der Waals surface area contributed by atoms with Crippen molar-refractivity contribution >= 4 is 12.2 Å². The van der Waals surface area contributed by atoms with Crippen LogP contribution in [0.15, 0.2) is 0 Å². The van der Waals surface area contributed by atoms with Gasteiger partial charge in [0.1, 0.15) is 11.2 Å². The van der Waals surface area contributed by atoms with Crippen molar-refractivity contribution in [2.45, 2.75) is 52.7 Å². The maximum absolute atomic E-state index is 11.0. The predicted molar refractivity (Wildman–Crippen MR) is 56.9 cm³/mol. The molecule has 0 rings (SSSR count). The molecular weight excluding hydrogens is 237 g/mol. The molecule has 0 aliphatic carbocycles. The Bertz CT molecular complexity index is 239. The van der Waals surface area contributed by atoms with Crippen LogP contribution >= 0.6 is 0 Å². The molecule has 0 aliphatic heterocycles. The van der Waals surface area contributed by atoms with Gasteiger partial charge in [0.15, 0.2) is 0 Å². The SMILES string of the molecule is CC(C)(C)OC(=O)[N-]OC(=O)OC(C)(C)C.[Na+]. The second-order valence-electron chi connectivity index (χ2n) is 5.13. The fourth-order valence-corrected chi connectivity index (χ4v) is 0.624. The summed E-state index contributed by atoms with van der Waals surface area (Å²) in [5, 5.41) is 0. The van der Waals surface area contributed by atoms with E-state index < -0.39 is 23.5 Å². The molecule has 0 heterocycles. The summed E-state index contributed by atoms with van der Waals surface area (Å²) in [4.78, 5) is 26.2. The van der Waals surface area contributed by atoms with E-state index in [1.54, 1.807) is 41.5 Å². The van der Waals surface area contributed by atoms with E-state index in [2.05, 4.69) is 10.3 Å². The maximum Gasteiger partial charge on any atom is 1.00 e. The summed E-state index contributed by atoms with van der Waals surface area (Å²) >= 11 is 0. The smallest absolute Gasteiger partial charge is 0.494 e. The van der Waals surface area contributed by atoms with Gasteiger partial charge in [0.05, 0.1) is 0 Å². The molecule has 0 aromatic heterocycles. The van der Waals surface area contributed by atoms with Gasteiger partial charge in [-0.1, -0.05) is 0 Å². The second-order valence-corrected chi connectivity index (χ2v) is 5.13. The van der Waals surface area contributed by atoms with E-state index in [1.165, 1.54) is 0 Å². The van der Waals surface area contributed by atoms with Crippen LogP contribution in [0.25, 0.3) is 5.48 Å². The number of hydroxylamine groups is 1. The Balaban J connectivity index is 0. The normalized spacial score (nSPS) is 10.9. The largest absolute Gasteiger partial charge is 1.00 e. The number of carbonyl (C=O) groups is 2. The van der Waals surface area contributed by atoms with Crippen LogP contribution in [0.4, 0.5) is 9.59 Å². The Morgan fingerprint density at radius 3 is 1.65 bits per heavy atom.